The number of rotatable bonds is 3. The highest BCUT2D eigenvalue weighted by Crippen LogP contribution is 2.19. The largest absolute Gasteiger partial charge is 0.248 e. The van der Waals surface area contributed by atoms with E-state index in [9.17, 15) is 0 Å². The van der Waals surface area contributed by atoms with Crippen LogP contribution in [0.5, 0.6) is 0 Å². The van der Waals surface area contributed by atoms with Crippen LogP contribution in [0.1, 0.15) is 33.4 Å². The van der Waals surface area contributed by atoms with Gasteiger partial charge in [-0.3, -0.25) is 0 Å². The van der Waals surface area contributed by atoms with E-state index in [1.165, 1.54) is 48.9 Å². The quantitative estimate of drug-likeness (QED) is 0.350. The molecule has 0 atom stereocenters. The van der Waals surface area contributed by atoms with Crippen LogP contribution >= 0.6 is 11.1 Å². The number of halogens is 1. The van der Waals surface area contributed by atoms with E-state index in [1.807, 2.05) is 0 Å². The molecule has 3 rings (SSSR count). The predicted octanol–water partition coefficient (Wildman–Crippen LogP) is 4.74. The van der Waals surface area contributed by atoms with Crippen LogP contribution in [0.4, 0.5) is 0 Å². The molecule has 2 heteroatoms. The van der Waals surface area contributed by atoms with E-state index in [-0.39, 0.29) is 0 Å². The van der Waals surface area contributed by atoms with Gasteiger partial charge in [0.05, 0.1) is 0 Å². The lowest BCUT2D eigenvalue weighted by atomic mass is 10.1. The minimum absolute atomic E-state index is 1.27. The Labute approximate surface area is 163 Å². The summed E-state index contributed by atoms with van der Waals surface area (Å²) in [4.78, 5) is 0. The zero-order valence-corrected chi connectivity index (χ0v) is 18.3. The summed E-state index contributed by atoms with van der Waals surface area (Å²) < 4.78 is 0. The van der Waals surface area contributed by atoms with Crippen molar-refractivity contribution in [3.63, 3.8) is 0 Å². The second-order valence-corrected chi connectivity index (χ2v) is 12.3. The molecule has 0 aliphatic carbocycles. The number of hydrogen-bond acceptors (Lipinski definition) is 0. The summed E-state index contributed by atoms with van der Waals surface area (Å²) in [7, 11) is -2.60. The summed E-state index contributed by atoms with van der Waals surface area (Å²) >= 11 is 7.71. The minimum atomic E-state index is -2.60. The van der Waals surface area contributed by atoms with Gasteiger partial charge < -0.3 is 0 Å². The summed E-state index contributed by atoms with van der Waals surface area (Å²) in [6.07, 6.45) is 0. The topological polar surface area (TPSA) is 0 Å². The summed E-state index contributed by atoms with van der Waals surface area (Å²) in [6.45, 7) is 13.0. The highest BCUT2D eigenvalue weighted by molar-refractivity contribution is 7.40. The molecular formula is C24H27ClSi. The third kappa shape index (κ3) is 3.38. The lowest BCUT2D eigenvalue weighted by Gasteiger charge is -2.30. The van der Waals surface area contributed by atoms with Gasteiger partial charge in [-0.25, -0.2) is 0 Å². The fourth-order valence-electron chi connectivity index (χ4n) is 4.03. The Bertz CT molecular complexity index is 900. The Kier molecular flexibility index (Phi) is 5.14. The Morgan fingerprint density at radius 2 is 0.962 bits per heavy atom. The van der Waals surface area contributed by atoms with Gasteiger partial charge in [0.15, 0.2) is 0 Å². The molecule has 0 radical (unpaired) electrons. The first-order valence-electron chi connectivity index (χ1n) is 9.15. The molecule has 0 nitrogen and oxygen atoms in total. The Morgan fingerprint density at radius 3 is 1.35 bits per heavy atom. The molecule has 0 amide bonds. The molecule has 0 unspecified atom stereocenters. The molecule has 0 aliphatic heterocycles. The lowest BCUT2D eigenvalue weighted by molar-refractivity contribution is 1.38. The van der Waals surface area contributed by atoms with E-state index >= 15 is 0 Å². The van der Waals surface area contributed by atoms with E-state index in [2.05, 4.69) is 96.1 Å². The molecule has 0 N–H and O–H groups in total. The van der Waals surface area contributed by atoms with Crippen LogP contribution in [-0.4, -0.2) is 7.38 Å². The predicted molar refractivity (Wildman–Crippen MR) is 118 cm³/mol. The van der Waals surface area contributed by atoms with Gasteiger partial charge >= 0.3 is 0 Å². The van der Waals surface area contributed by atoms with Gasteiger partial charge in [0.25, 0.3) is 0 Å². The van der Waals surface area contributed by atoms with E-state index in [4.69, 9.17) is 11.1 Å². The SMILES string of the molecule is Cc1cc(C)cc([Si](Cl)(c2ccc(C)cc2C)c2ccc(C)cc2C)c1. The molecule has 3 aromatic carbocycles. The minimum Gasteiger partial charge on any atom is -0.149 e. The molecule has 0 aliphatic rings. The second-order valence-electron chi connectivity index (χ2n) is 7.67. The Balaban J connectivity index is 2.38. The van der Waals surface area contributed by atoms with Crippen LogP contribution in [0.3, 0.4) is 0 Å². The maximum atomic E-state index is 7.71. The van der Waals surface area contributed by atoms with Gasteiger partial charge in [-0.05, 0) is 68.2 Å². The van der Waals surface area contributed by atoms with Crippen molar-refractivity contribution in [1.82, 2.24) is 0 Å². The van der Waals surface area contributed by atoms with Gasteiger partial charge in [-0.15, -0.1) is 11.1 Å². The maximum Gasteiger partial charge on any atom is 0.248 e. The van der Waals surface area contributed by atoms with E-state index in [0.29, 0.717) is 0 Å². The molecule has 0 spiro atoms. The van der Waals surface area contributed by atoms with Crippen molar-refractivity contribution in [3.05, 3.63) is 88.0 Å². The van der Waals surface area contributed by atoms with Gasteiger partial charge in [-0.2, -0.15) is 0 Å². The molecule has 0 heterocycles. The first-order valence-corrected chi connectivity index (χ1v) is 12.2. The third-order valence-corrected chi connectivity index (χ3v) is 10.7. The van der Waals surface area contributed by atoms with E-state index in [0.717, 1.165) is 0 Å². The monoisotopic (exact) mass is 378 g/mol. The van der Waals surface area contributed by atoms with Crippen LogP contribution in [-0.2, 0) is 0 Å². The first-order chi connectivity index (χ1) is 12.2. The molecule has 3 aromatic rings. The fourth-order valence-corrected chi connectivity index (χ4v) is 9.25. The van der Waals surface area contributed by atoms with Gasteiger partial charge in [0.2, 0.25) is 7.38 Å². The van der Waals surface area contributed by atoms with Gasteiger partial charge in [-0.1, -0.05) is 76.9 Å². The van der Waals surface area contributed by atoms with E-state index in [1.54, 1.807) is 0 Å². The Hall–Kier alpha value is -1.83. The smallest absolute Gasteiger partial charge is 0.149 e. The molecule has 0 fully saturated rings. The highest BCUT2D eigenvalue weighted by atomic mass is 35.6. The molecular weight excluding hydrogens is 352 g/mol. The van der Waals surface area contributed by atoms with Crippen LogP contribution in [0.2, 0.25) is 0 Å². The maximum absolute atomic E-state index is 7.71. The lowest BCUT2D eigenvalue weighted by Crippen LogP contribution is -2.64. The van der Waals surface area contributed by atoms with Crippen molar-refractivity contribution < 1.29 is 0 Å². The van der Waals surface area contributed by atoms with Crippen molar-refractivity contribution in [2.75, 3.05) is 0 Å². The summed E-state index contributed by atoms with van der Waals surface area (Å²) in [5.74, 6) is 0. The third-order valence-electron chi connectivity index (χ3n) is 5.13. The zero-order chi connectivity index (χ0) is 19.1. The molecule has 0 saturated carbocycles. The van der Waals surface area contributed by atoms with E-state index < -0.39 is 7.38 Å². The average Bonchev–Trinajstić information content (AvgIpc) is 2.53. The van der Waals surface area contributed by atoms with Crippen molar-refractivity contribution in [1.29, 1.82) is 0 Å². The van der Waals surface area contributed by atoms with Crippen LogP contribution in [0.25, 0.3) is 0 Å². The molecule has 26 heavy (non-hydrogen) atoms. The number of hydrogen-bond donors (Lipinski definition) is 0. The fraction of sp³-hybridized carbons (Fsp3) is 0.250. The standard InChI is InChI=1S/C24H27ClSi/c1-16-7-9-23(20(5)12-16)26(25,22-14-18(3)11-19(4)15-22)24-10-8-17(2)13-21(24)6/h7-15H,1-6H3. The summed E-state index contributed by atoms with van der Waals surface area (Å²) in [5, 5.41) is 3.86. The molecule has 0 aromatic heterocycles. The van der Waals surface area contributed by atoms with Crippen LogP contribution in [0, 0.1) is 41.5 Å². The van der Waals surface area contributed by atoms with Crippen LogP contribution < -0.4 is 15.6 Å². The molecule has 0 bridgehead atoms. The van der Waals surface area contributed by atoms with Gasteiger partial charge in [0, 0.05) is 0 Å². The number of aryl methyl sites for hydroxylation is 6. The highest BCUT2D eigenvalue weighted by Gasteiger charge is 2.40. The normalized spacial score (nSPS) is 11.7. The van der Waals surface area contributed by atoms with Gasteiger partial charge in [0.1, 0.15) is 0 Å². The zero-order valence-electron chi connectivity index (χ0n) is 16.6. The Morgan fingerprint density at radius 1 is 0.538 bits per heavy atom. The molecule has 0 saturated heterocycles. The second kappa shape index (κ2) is 7.06. The van der Waals surface area contributed by atoms with Crippen LogP contribution in [0.15, 0.2) is 54.6 Å². The number of benzene rings is 3. The van der Waals surface area contributed by atoms with Crippen molar-refractivity contribution >= 4 is 34.0 Å². The van der Waals surface area contributed by atoms with Crippen molar-refractivity contribution in [2.24, 2.45) is 0 Å². The molecule has 134 valence electrons. The van der Waals surface area contributed by atoms with Crippen molar-refractivity contribution in [2.45, 2.75) is 41.5 Å². The summed E-state index contributed by atoms with van der Waals surface area (Å²) in [5.41, 5.74) is 7.66. The first kappa shape index (κ1) is 18.9. The average molecular weight is 379 g/mol. The summed E-state index contributed by atoms with van der Waals surface area (Å²) in [6, 6.07) is 20.2. The van der Waals surface area contributed by atoms with Crippen molar-refractivity contribution in [3.8, 4) is 0 Å².